The first kappa shape index (κ1) is 25.1. The fourth-order valence-corrected chi connectivity index (χ4v) is 1.63. The smallest absolute Gasteiger partial charge is 0.325 e. The van der Waals surface area contributed by atoms with Crippen LogP contribution in [0.15, 0.2) is 0 Å². The number of rotatable bonds is 5. The third-order valence-electron chi connectivity index (χ3n) is 1.95. The van der Waals surface area contributed by atoms with Crippen molar-refractivity contribution in [3.63, 3.8) is 0 Å². The van der Waals surface area contributed by atoms with Gasteiger partial charge in [0.2, 0.25) is 0 Å². The SMILES string of the molecule is CCC(=O)[N+](CCN)(OC(C)(C)C)OC(C)(C)C.Cl.Cl. The summed E-state index contributed by atoms with van der Waals surface area (Å²) in [5.41, 5.74) is 4.63. The lowest BCUT2D eigenvalue weighted by molar-refractivity contribution is -1.21. The molecule has 0 saturated heterocycles. The molecule has 0 unspecified atom stereocenters. The first-order valence-electron chi connectivity index (χ1n) is 6.49. The Bertz CT molecular complexity index is 270. The molecule has 0 aliphatic carbocycles. The maximum atomic E-state index is 12.2. The summed E-state index contributed by atoms with van der Waals surface area (Å²) in [5.74, 6) is -0.120. The molecule has 0 aromatic heterocycles. The van der Waals surface area contributed by atoms with Crippen LogP contribution in [0.1, 0.15) is 54.9 Å². The summed E-state index contributed by atoms with van der Waals surface area (Å²) in [4.78, 5) is 23.5. The maximum absolute atomic E-state index is 12.2. The number of carbonyl (C=O) groups excluding carboxylic acids is 1. The van der Waals surface area contributed by atoms with Gasteiger partial charge in [-0.3, -0.25) is 0 Å². The summed E-state index contributed by atoms with van der Waals surface area (Å²) in [6, 6.07) is 0. The van der Waals surface area contributed by atoms with Crippen molar-refractivity contribution in [3.05, 3.63) is 0 Å². The molecule has 124 valence electrons. The van der Waals surface area contributed by atoms with Crippen molar-refractivity contribution in [2.75, 3.05) is 13.1 Å². The zero-order valence-electron chi connectivity index (χ0n) is 13.7. The van der Waals surface area contributed by atoms with Gasteiger partial charge in [-0.05, 0) is 41.5 Å². The van der Waals surface area contributed by atoms with Gasteiger partial charge in [0, 0.05) is 11.4 Å². The molecule has 7 heteroatoms. The molecule has 0 aromatic carbocycles. The van der Waals surface area contributed by atoms with Crippen LogP contribution in [0.25, 0.3) is 0 Å². The Kier molecular flexibility index (Phi) is 11.5. The Balaban J connectivity index is -0.00000144. The Morgan fingerprint density at radius 3 is 1.55 bits per heavy atom. The van der Waals surface area contributed by atoms with Crippen LogP contribution in [0.4, 0.5) is 0 Å². The van der Waals surface area contributed by atoms with E-state index in [4.69, 9.17) is 15.4 Å². The summed E-state index contributed by atoms with van der Waals surface area (Å²) in [6.45, 7) is 13.8. The summed E-state index contributed by atoms with van der Waals surface area (Å²) >= 11 is 0. The number of carbonyl (C=O) groups is 1. The van der Waals surface area contributed by atoms with Gasteiger partial charge in [0.05, 0.1) is 6.42 Å². The lowest BCUT2D eigenvalue weighted by Crippen LogP contribution is -2.60. The highest BCUT2D eigenvalue weighted by Gasteiger charge is 2.47. The molecule has 0 radical (unpaired) electrons. The number of nitrogens with zero attached hydrogens (tertiary/aromatic N) is 1. The zero-order valence-corrected chi connectivity index (χ0v) is 15.3. The van der Waals surface area contributed by atoms with E-state index in [1.807, 2.05) is 41.5 Å². The molecular weight excluding hydrogens is 303 g/mol. The second kappa shape index (κ2) is 9.18. The molecule has 0 aromatic rings. The van der Waals surface area contributed by atoms with Gasteiger partial charge in [-0.25, -0.2) is 4.79 Å². The summed E-state index contributed by atoms with van der Waals surface area (Å²) in [6.07, 6.45) is 0.339. The summed E-state index contributed by atoms with van der Waals surface area (Å²) < 4.78 is 0. The predicted octanol–water partition coefficient (Wildman–Crippen LogP) is 3.00. The van der Waals surface area contributed by atoms with E-state index in [1.165, 1.54) is 0 Å². The lowest BCUT2D eigenvalue weighted by Gasteiger charge is -2.38. The highest BCUT2D eigenvalue weighted by Crippen LogP contribution is 2.26. The number of halogens is 2. The van der Waals surface area contributed by atoms with Gasteiger partial charge in [0.25, 0.3) is 0 Å². The van der Waals surface area contributed by atoms with Crippen LogP contribution in [0.5, 0.6) is 0 Å². The summed E-state index contributed by atoms with van der Waals surface area (Å²) in [5, 5.41) is 0. The van der Waals surface area contributed by atoms with Crippen LogP contribution >= 0.6 is 24.8 Å². The molecule has 2 N–H and O–H groups in total. The first-order valence-corrected chi connectivity index (χ1v) is 6.49. The van der Waals surface area contributed by atoms with Crippen LogP contribution in [0.3, 0.4) is 0 Å². The molecule has 0 aliphatic rings. The van der Waals surface area contributed by atoms with E-state index >= 15 is 0 Å². The second-order valence-corrected chi connectivity index (χ2v) is 6.34. The van der Waals surface area contributed by atoms with Crippen molar-refractivity contribution in [2.45, 2.75) is 66.1 Å². The summed E-state index contributed by atoms with van der Waals surface area (Å²) in [7, 11) is 0. The average Bonchev–Trinajstić information content (AvgIpc) is 2.11. The third kappa shape index (κ3) is 9.10. The van der Waals surface area contributed by atoms with Gasteiger partial charge in [-0.15, -0.1) is 24.8 Å². The second-order valence-electron chi connectivity index (χ2n) is 6.34. The largest absolute Gasteiger partial charge is 0.378 e. The van der Waals surface area contributed by atoms with Gasteiger partial charge in [-0.2, -0.15) is 9.68 Å². The van der Waals surface area contributed by atoms with Crippen LogP contribution in [0.2, 0.25) is 0 Å². The molecule has 0 fully saturated rings. The number of nitrogens with two attached hydrogens (primary N) is 1. The van der Waals surface area contributed by atoms with Crippen LogP contribution in [-0.2, 0) is 14.5 Å². The molecule has 0 atom stereocenters. The number of hydrogen-bond acceptors (Lipinski definition) is 4. The molecule has 20 heavy (non-hydrogen) atoms. The van der Waals surface area contributed by atoms with Crippen molar-refractivity contribution < 1.29 is 19.3 Å². The van der Waals surface area contributed by atoms with Crippen LogP contribution in [-0.4, -0.2) is 35.0 Å². The molecule has 0 heterocycles. The van der Waals surface area contributed by atoms with E-state index in [1.54, 1.807) is 6.92 Å². The molecule has 0 saturated carbocycles. The average molecular weight is 334 g/mol. The van der Waals surface area contributed by atoms with E-state index in [9.17, 15) is 4.79 Å². The Hall–Kier alpha value is 0.0900. The molecule has 0 spiro atoms. The van der Waals surface area contributed by atoms with E-state index in [0.717, 1.165) is 0 Å². The van der Waals surface area contributed by atoms with E-state index in [2.05, 4.69) is 0 Å². The minimum atomic E-state index is -0.495. The van der Waals surface area contributed by atoms with Crippen LogP contribution in [0, 0.1) is 0 Å². The standard InChI is InChI=1S/C13H29N2O3.2ClH/c1-8-11(16)15(10-9-14,17-12(2,3)4)18-13(5,6)7;;/h8-10,14H2,1-7H3;2*1H/q+1;;. The molecule has 0 rings (SSSR count). The Labute approximate surface area is 135 Å². The number of quaternary nitrogens is 1. The van der Waals surface area contributed by atoms with Gasteiger partial charge < -0.3 is 5.73 Å². The monoisotopic (exact) mass is 333 g/mol. The first-order chi connectivity index (χ1) is 7.96. The lowest BCUT2D eigenvalue weighted by atomic mass is 10.2. The van der Waals surface area contributed by atoms with Crippen molar-refractivity contribution in [2.24, 2.45) is 5.73 Å². The molecule has 5 nitrogen and oxygen atoms in total. The zero-order chi connectivity index (χ0) is 14.6. The Morgan fingerprint density at radius 1 is 1.00 bits per heavy atom. The van der Waals surface area contributed by atoms with E-state index < -0.39 is 16.0 Å². The topological polar surface area (TPSA) is 61.6 Å². The van der Waals surface area contributed by atoms with E-state index in [0.29, 0.717) is 19.5 Å². The number of hydroxylamine groups is 4. The third-order valence-corrected chi connectivity index (χ3v) is 1.95. The van der Waals surface area contributed by atoms with Crippen molar-refractivity contribution >= 4 is 30.7 Å². The van der Waals surface area contributed by atoms with Gasteiger partial charge >= 0.3 is 5.91 Å². The van der Waals surface area contributed by atoms with Crippen molar-refractivity contribution in [1.29, 1.82) is 0 Å². The van der Waals surface area contributed by atoms with Gasteiger partial charge in [0.1, 0.15) is 11.2 Å². The molecule has 1 amide bonds. The minimum absolute atomic E-state index is 0. The maximum Gasteiger partial charge on any atom is 0.378 e. The highest BCUT2D eigenvalue weighted by atomic mass is 35.5. The van der Waals surface area contributed by atoms with Crippen molar-refractivity contribution in [1.82, 2.24) is 0 Å². The molecule has 0 bridgehead atoms. The Morgan fingerprint density at radius 2 is 1.35 bits per heavy atom. The van der Waals surface area contributed by atoms with Crippen molar-refractivity contribution in [3.8, 4) is 0 Å². The fraction of sp³-hybridized carbons (Fsp3) is 0.923. The van der Waals surface area contributed by atoms with Crippen LogP contribution < -0.4 is 5.73 Å². The highest BCUT2D eigenvalue weighted by molar-refractivity contribution is 5.85. The van der Waals surface area contributed by atoms with Gasteiger partial charge in [-0.1, -0.05) is 6.92 Å². The number of hydrogen-bond donors (Lipinski definition) is 1. The number of amides is 1. The fourth-order valence-electron chi connectivity index (χ4n) is 1.63. The molecule has 0 aliphatic heterocycles. The minimum Gasteiger partial charge on any atom is -0.325 e. The van der Waals surface area contributed by atoms with Gasteiger partial charge in [0.15, 0.2) is 6.54 Å². The molecular formula is C13H31Cl2N2O3+. The predicted molar refractivity (Wildman–Crippen MR) is 85.7 cm³/mol. The normalized spacial score (nSPS) is 12.4. The quantitative estimate of drug-likeness (QED) is 0.620. The van der Waals surface area contributed by atoms with E-state index in [-0.39, 0.29) is 30.7 Å².